The maximum absolute atomic E-state index is 12.5. The lowest BCUT2D eigenvalue weighted by molar-refractivity contribution is -0.137. The molecule has 0 aliphatic rings. The average molecular weight is 273 g/mol. The van der Waals surface area contributed by atoms with E-state index in [1.165, 1.54) is 6.07 Å². The zero-order chi connectivity index (χ0) is 13.3. The molecule has 2 aromatic rings. The van der Waals surface area contributed by atoms with Gasteiger partial charge in [-0.05, 0) is 24.6 Å². The SMILES string of the molecule is CNc1nsnc1-c1ccc(C(F)(F)F)cc1C. The molecule has 0 aliphatic carbocycles. The Morgan fingerprint density at radius 1 is 1.22 bits per heavy atom. The number of nitrogens with zero attached hydrogens (tertiary/aromatic N) is 2. The summed E-state index contributed by atoms with van der Waals surface area (Å²) in [4.78, 5) is 0. The molecule has 1 N–H and O–H groups in total. The average Bonchev–Trinajstić information content (AvgIpc) is 2.75. The van der Waals surface area contributed by atoms with Crippen LogP contribution in [0.2, 0.25) is 0 Å². The standard InChI is InChI=1S/C11H10F3N3S/c1-6-5-7(11(12,13)14)3-4-8(6)9-10(15-2)17-18-16-9/h3-5H,1-2H3,(H,15,17). The number of nitrogens with one attached hydrogen (secondary N) is 1. The zero-order valence-corrected chi connectivity index (χ0v) is 10.5. The number of hydrogen-bond acceptors (Lipinski definition) is 4. The summed E-state index contributed by atoms with van der Waals surface area (Å²) in [6.45, 7) is 1.63. The van der Waals surface area contributed by atoms with Crippen LogP contribution < -0.4 is 5.32 Å². The lowest BCUT2D eigenvalue weighted by Gasteiger charge is -2.10. The first kappa shape index (κ1) is 12.8. The molecule has 0 aliphatic heterocycles. The third kappa shape index (κ3) is 2.31. The molecule has 0 atom stereocenters. The Labute approximate surface area is 106 Å². The Balaban J connectivity index is 2.48. The molecular weight excluding hydrogens is 263 g/mol. The highest BCUT2D eigenvalue weighted by atomic mass is 32.1. The molecule has 0 bridgehead atoms. The van der Waals surface area contributed by atoms with Crippen LogP contribution in [0, 0.1) is 6.92 Å². The van der Waals surface area contributed by atoms with E-state index >= 15 is 0 Å². The molecule has 0 amide bonds. The van der Waals surface area contributed by atoms with Crippen molar-refractivity contribution in [2.45, 2.75) is 13.1 Å². The molecule has 1 aromatic carbocycles. The molecule has 2 rings (SSSR count). The van der Waals surface area contributed by atoms with Crippen molar-refractivity contribution >= 4 is 17.5 Å². The van der Waals surface area contributed by atoms with Crippen LogP contribution in [-0.4, -0.2) is 15.8 Å². The van der Waals surface area contributed by atoms with Crippen LogP contribution in [0.3, 0.4) is 0 Å². The molecule has 7 heteroatoms. The van der Waals surface area contributed by atoms with Crippen LogP contribution in [0.15, 0.2) is 18.2 Å². The van der Waals surface area contributed by atoms with E-state index in [-0.39, 0.29) is 0 Å². The first-order valence-electron chi connectivity index (χ1n) is 5.12. The van der Waals surface area contributed by atoms with E-state index in [1.807, 2.05) is 0 Å². The van der Waals surface area contributed by atoms with Crippen LogP contribution in [0.5, 0.6) is 0 Å². The number of benzene rings is 1. The number of aromatic nitrogens is 2. The molecule has 18 heavy (non-hydrogen) atoms. The minimum atomic E-state index is -4.32. The first-order valence-corrected chi connectivity index (χ1v) is 5.85. The lowest BCUT2D eigenvalue weighted by Crippen LogP contribution is -2.05. The van der Waals surface area contributed by atoms with Gasteiger partial charge in [0.1, 0.15) is 5.69 Å². The van der Waals surface area contributed by atoms with Crippen LogP contribution in [0.1, 0.15) is 11.1 Å². The third-order valence-electron chi connectivity index (χ3n) is 2.53. The molecule has 0 radical (unpaired) electrons. The lowest BCUT2D eigenvalue weighted by atomic mass is 10.0. The van der Waals surface area contributed by atoms with Gasteiger partial charge in [-0.3, -0.25) is 0 Å². The topological polar surface area (TPSA) is 37.8 Å². The van der Waals surface area contributed by atoms with Gasteiger partial charge >= 0.3 is 6.18 Å². The Kier molecular flexibility index (Phi) is 3.25. The Bertz CT molecular complexity index is 563. The van der Waals surface area contributed by atoms with E-state index in [2.05, 4.69) is 14.1 Å². The maximum atomic E-state index is 12.5. The maximum Gasteiger partial charge on any atom is 0.416 e. The quantitative estimate of drug-likeness (QED) is 0.909. The number of halogens is 3. The van der Waals surface area contributed by atoms with Crippen molar-refractivity contribution in [3.63, 3.8) is 0 Å². The fraction of sp³-hybridized carbons (Fsp3) is 0.273. The van der Waals surface area contributed by atoms with Gasteiger partial charge in [-0.1, -0.05) is 6.07 Å². The largest absolute Gasteiger partial charge is 0.416 e. The van der Waals surface area contributed by atoms with E-state index in [0.717, 1.165) is 23.9 Å². The first-order chi connectivity index (χ1) is 8.43. The van der Waals surface area contributed by atoms with Gasteiger partial charge in [0.15, 0.2) is 5.82 Å². The second-order valence-corrected chi connectivity index (χ2v) is 4.27. The highest BCUT2D eigenvalue weighted by molar-refractivity contribution is 6.99. The van der Waals surface area contributed by atoms with Crippen LogP contribution in [0.25, 0.3) is 11.3 Å². The molecule has 0 spiro atoms. The number of hydrogen-bond donors (Lipinski definition) is 1. The third-order valence-corrected chi connectivity index (χ3v) is 3.06. The van der Waals surface area contributed by atoms with E-state index in [1.54, 1.807) is 14.0 Å². The van der Waals surface area contributed by atoms with Gasteiger partial charge in [0.05, 0.1) is 17.3 Å². The fourth-order valence-corrected chi connectivity index (χ4v) is 2.20. The summed E-state index contributed by atoms with van der Waals surface area (Å²) >= 11 is 1.02. The molecule has 0 unspecified atom stereocenters. The molecule has 0 fully saturated rings. The summed E-state index contributed by atoms with van der Waals surface area (Å²) in [5.74, 6) is 0.572. The monoisotopic (exact) mass is 273 g/mol. The van der Waals surface area contributed by atoms with Crippen molar-refractivity contribution in [3.8, 4) is 11.3 Å². The van der Waals surface area contributed by atoms with E-state index in [9.17, 15) is 13.2 Å². The summed E-state index contributed by atoms with van der Waals surface area (Å²) < 4.78 is 45.8. The number of rotatable bonds is 2. The molecule has 96 valence electrons. The fourth-order valence-electron chi connectivity index (χ4n) is 1.64. The Morgan fingerprint density at radius 3 is 2.50 bits per heavy atom. The predicted octanol–water partition coefficient (Wildman–Crippen LogP) is 3.57. The smallest absolute Gasteiger partial charge is 0.370 e. The van der Waals surface area contributed by atoms with Crippen molar-refractivity contribution in [2.75, 3.05) is 12.4 Å². The van der Waals surface area contributed by atoms with Gasteiger partial charge in [-0.15, -0.1) is 0 Å². The summed E-state index contributed by atoms with van der Waals surface area (Å²) in [7, 11) is 1.69. The molecule has 1 heterocycles. The van der Waals surface area contributed by atoms with Crippen LogP contribution in [-0.2, 0) is 6.18 Å². The van der Waals surface area contributed by atoms with Crippen molar-refractivity contribution in [3.05, 3.63) is 29.3 Å². The van der Waals surface area contributed by atoms with E-state index in [0.29, 0.717) is 22.6 Å². The minimum Gasteiger partial charge on any atom is -0.370 e. The molecular formula is C11H10F3N3S. The molecule has 3 nitrogen and oxygen atoms in total. The number of aryl methyl sites for hydroxylation is 1. The highest BCUT2D eigenvalue weighted by Gasteiger charge is 2.30. The van der Waals surface area contributed by atoms with Crippen molar-refractivity contribution in [2.24, 2.45) is 0 Å². The number of alkyl halides is 3. The second-order valence-electron chi connectivity index (χ2n) is 3.74. The highest BCUT2D eigenvalue weighted by Crippen LogP contribution is 2.34. The van der Waals surface area contributed by atoms with Gasteiger partial charge in [0.2, 0.25) is 0 Å². The van der Waals surface area contributed by atoms with Crippen molar-refractivity contribution in [1.82, 2.24) is 8.75 Å². The summed E-state index contributed by atoms with van der Waals surface area (Å²) in [6, 6.07) is 3.60. The van der Waals surface area contributed by atoms with Crippen molar-refractivity contribution in [1.29, 1.82) is 0 Å². The second kappa shape index (κ2) is 4.56. The van der Waals surface area contributed by atoms with Gasteiger partial charge < -0.3 is 5.32 Å². The van der Waals surface area contributed by atoms with Gasteiger partial charge in [0, 0.05) is 12.6 Å². The number of anilines is 1. The van der Waals surface area contributed by atoms with Gasteiger partial charge in [-0.2, -0.15) is 21.9 Å². The normalized spacial score (nSPS) is 11.6. The molecule has 0 saturated carbocycles. The van der Waals surface area contributed by atoms with E-state index < -0.39 is 11.7 Å². The molecule has 1 aromatic heterocycles. The summed E-state index contributed by atoms with van der Waals surface area (Å²) in [6.07, 6.45) is -4.32. The van der Waals surface area contributed by atoms with Crippen LogP contribution >= 0.6 is 11.7 Å². The van der Waals surface area contributed by atoms with Crippen molar-refractivity contribution < 1.29 is 13.2 Å². The summed E-state index contributed by atoms with van der Waals surface area (Å²) in [5, 5.41) is 2.86. The minimum absolute atomic E-state index is 0.522. The van der Waals surface area contributed by atoms with Crippen LogP contribution in [0.4, 0.5) is 19.0 Å². The Morgan fingerprint density at radius 2 is 1.94 bits per heavy atom. The predicted molar refractivity (Wildman–Crippen MR) is 64.6 cm³/mol. The van der Waals surface area contributed by atoms with Gasteiger partial charge in [-0.25, -0.2) is 0 Å². The zero-order valence-electron chi connectivity index (χ0n) is 9.67. The van der Waals surface area contributed by atoms with Gasteiger partial charge in [0.25, 0.3) is 0 Å². The molecule has 0 saturated heterocycles. The van der Waals surface area contributed by atoms with E-state index in [4.69, 9.17) is 0 Å². The Hall–Kier alpha value is -1.63. The summed E-state index contributed by atoms with van der Waals surface area (Å²) in [5.41, 5.74) is 1.10.